The second-order valence-electron chi connectivity index (χ2n) is 7.72. The van der Waals surface area contributed by atoms with Gasteiger partial charge in [0.1, 0.15) is 5.82 Å². The van der Waals surface area contributed by atoms with Gasteiger partial charge in [-0.25, -0.2) is 23.5 Å². The fourth-order valence-corrected chi connectivity index (χ4v) is 3.80. The lowest BCUT2D eigenvalue weighted by atomic mass is 10.1. The first-order chi connectivity index (χ1) is 15.8. The summed E-state index contributed by atoms with van der Waals surface area (Å²) in [5.74, 6) is -0.588. The third-order valence-electron chi connectivity index (χ3n) is 5.52. The normalized spacial score (nSPS) is 13.4. The number of H-pyrrole nitrogens is 1. The van der Waals surface area contributed by atoms with E-state index in [1.165, 1.54) is 4.90 Å². The van der Waals surface area contributed by atoms with Gasteiger partial charge in [-0.15, -0.1) is 0 Å². The molecule has 33 heavy (non-hydrogen) atoms. The summed E-state index contributed by atoms with van der Waals surface area (Å²) >= 11 is 0. The van der Waals surface area contributed by atoms with E-state index in [-0.39, 0.29) is 6.03 Å². The minimum atomic E-state index is -0.961. The van der Waals surface area contributed by atoms with Gasteiger partial charge in [0.25, 0.3) is 0 Å². The molecule has 3 N–H and O–H groups in total. The molecule has 5 rings (SSSR count). The fraction of sp³-hybridized carbons (Fsp3) is 0.182. The summed E-state index contributed by atoms with van der Waals surface area (Å²) in [6.45, 7) is 2.23. The Kier molecular flexibility index (Phi) is 4.81. The number of aromatic nitrogens is 4. The molecule has 0 aliphatic carbocycles. The number of carbonyl (C=O) groups excluding carboxylic acids is 1. The number of carbonyl (C=O) groups is 1. The van der Waals surface area contributed by atoms with Gasteiger partial charge in [-0.05, 0) is 24.6 Å². The van der Waals surface area contributed by atoms with Gasteiger partial charge in [-0.1, -0.05) is 6.07 Å². The van der Waals surface area contributed by atoms with E-state index in [1.54, 1.807) is 25.2 Å². The summed E-state index contributed by atoms with van der Waals surface area (Å²) in [5, 5.41) is 5.98. The summed E-state index contributed by atoms with van der Waals surface area (Å²) < 4.78 is 27.0. The van der Waals surface area contributed by atoms with Crippen LogP contribution < -0.4 is 20.4 Å². The molecule has 2 aromatic heterocycles. The molecule has 3 heterocycles. The van der Waals surface area contributed by atoms with E-state index in [2.05, 4.69) is 30.6 Å². The number of fused-ring (bicyclic) bond motifs is 2. The van der Waals surface area contributed by atoms with Gasteiger partial charge < -0.3 is 15.6 Å². The SMILES string of the molecule is CNc1ncc2c(n1)N(C)C(=O)N(c1cc(Nc3nc4cc(F)c(F)cc4[nH]3)ccc1C)C2. The lowest BCUT2D eigenvalue weighted by Crippen LogP contribution is -2.46. The third kappa shape index (κ3) is 3.56. The number of amides is 2. The Morgan fingerprint density at radius 3 is 2.70 bits per heavy atom. The van der Waals surface area contributed by atoms with Gasteiger partial charge in [0.2, 0.25) is 11.9 Å². The Hall–Kier alpha value is -4.28. The molecule has 168 valence electrons. The van der Waals surface area contributed by atoms with Crippen LogP contribution in [0.5, 0.6) is 0 Å². The molecular formula is C22H20F2N8O. The topological polar surface area (TPSA) is 102 Å². The molecule has 1 aliphatic heterocycles. The molecule has 0 spiro atoms. The van der Waals surface area contributed by atoms with Crippen molar-refractivity contribution in [1.82, 2.24) is 19.9 Å². The molecule has 0 radical (unpaired) electrons. The van der Waals surface area contributed by atoms with Crippen LogP contribution in [0.25, 0.3) is 11.0 Å². The van der Waals surface area contributed by atoms with Crippen LogP contribution in [0.15, 0.2) is 36.5 Å². The number of hydrogen-bond donors (Lipinski definition) is 3. The highest BCUT2D eigenvalue weighted by atomic mass is 19.2. The average molecular weight is 450 g/mol. The van der Waals surface area contributed by atoms with Crippen molar-refractivity contribution < 1.29 is 13.6 Å². The minimum absolute atomic E-state index is 0.224. The van der Waals surface area contributed by atoms with Crippen molar-refractivity contribution in [3.63, 3.8) is 0 Å². The van der Waals surface area contributed by atoms with Crippen LogP contribution in [0, 0.1) is 18.6 Å². The van der Waals surface area contributed by atoms with Crippen LogP contribution in [-0.4, -0.2) is 40.1 Å². The van der Waals surface area contributed by atoms with Crippen molar-refractivity contribution in [2.75, 3.05) is 34.5 Å². The number of benzene rings is 2. The second-order valence-corrected chi connectivity index (χ2v) is 7.72. The highest BCUT2D eigenvalue weighted by molar-refractivity contribution is 6.05. The van der Waals surface area contributed by atoms with Crippen molar-refractivity contribution >= 4 is 46.2 Å². The van der Waals surface area contributed by atoms with E-state index in [4.69, 9.17) is 0 Å². The first kappa shape index (κ1) is 20.6. The number of hydrogen-bond acceptors (Lipinski definition) is 6. The Bertz CT molecular complexity index is 1360. The van der Waals surface area contributed by atoms with Crippen LogP contribution in [0.2, 0.25) is 0 Å². The lowest BCUT2D eigenvalue weighted by Gasteiger charge is -2.35. The maximum Gasteiger partial charge on any atom is 0.330 e. The van der Waals surface area contributed by atoms with E-state index < -0.39 is 11.6 Å². The number of nitrogens with one attached hydrogen (secondary N) is 3. The molecule has 0 unspecified atom stereocenters. The highest BCUT2D eigenvalue weighted by Gasteiger charge is 2.31. The minimum Gasteiger partial charge on any atom is -0.357 e. The van der Waals surface area contributed by atoms with E-state index in [0.717, 1.165) is 23.3 Å². The number of aryl methyl sites for hydroxylation is 1. The van der Waals surface area contributed by atoms with E-state index in [9.17, 15) is 13.6 Å². The summed E-state index contributed by atoms with van der Waals surface area (Å²) in [5.41, 5.74) is 3.73. The maximum atomic E-state index is 13.5. The molecular weight excluding hydrogens is 430 g/mol. The largest absolute Gasteiger partial charge is 0.357 e. The smallest absolute Gasteiger partial charge is 0.330 e. The zero-order chi connectivity index (χ0) is 23.3. The predicted molar refractivity (Wildman–Crippen MR) is 122 cm³/mol. The summed E-state index contributed by atoms with van der Waals surface area (Å²) in [7, 11) is 3.39. The third-order valence-corrected chi connectivity index (χ3v) is 5.52. The first-order valence-corrected chi connectivity index (χ1v) is 10.2. The zero-order valence-electron chi connectivity index (χ0n) is 18.1. The van der Waals surface area contributed by atoms with E-state index in [0.29, 0.717) is 46.7 Å². The molecule has 4 aromatic rings. The molecule has 0 bridgehead atoms. The van der Waals surface area contributed by atoms with Gasteiger partial charge in [-0.2, -0.15) is 4.98 Å². The maximum absolute atomic E-state index is 13.5. The van der Waals surface area contributed by atoms with Crippen LogP contribution in [0.4, 0.5) is 42.7 Å². The van der Waals surface area contributed by atoms with E-state index in [1.807, 2.05) is 25.1 Å². The van der Waals surface area contributed by atoms with Crippen molar-refractivity contribution in [3.8, 4) is 0 Å². The number of halogens is 2. The number of rotatable bonds is 4. The molecule has 0 saturated heterocycles. The molecule has 1 aliphatic rings. The molecule has 11 heteroatoms. The standard InChI is InChI=1S/C22H20F2N8O/c1-11-4-5-13(27-21-28-16-7-14(23)15(24)8-17(16)29-21)6-18(11)32-10-12-9-26-20(25-2)30-19(12)31(3)22(32)33/h4-9H,10H2,1-3H3,(H,25,26,30)(H2,27,28,29). The predicted octanol–water partition coefficient (Wildman–Crippen LogP) is 4.30. The van der Waals surface area contributed by atoms with Crippen molar-refractivity contribution in [3.05, 3.63) is 59.3 Å². The Morgan fingerprint density at radius 2 is 1.91 bits per heavy atom. The first-order valence-electron chi connectivity index (χ1n) is 10.2. The highest BCUT2D eigenvalue weighted by Crippen LogP contribution is 2.33. The fourth-order valence-electron chi connectivity index (χ4n) is 3.80. The Morgan fingerprint density at radius 1 is 1.12 bits per heavy atom. The van der Waals surface area contributed by atoms with Crippen LogP contribution in [0.1, 0.15) is 11.1 Å². The van der Waals surface area contributed by atoms with Gasteiger partial charge in [0.05, 0.1) is 23.3 Å². The monoisotopic (exact) mass is 450 g/mol. The van der Waals surface area contributed by atoms with Crippen molar-refractivity contribution in [1.29, 1.82) is 0 Å². The van der Waals surface area contributed by atoms with Gasteiger partial charge >= 0.3 is 6.03 Å². The second kappa shape index (κ2) is 7.69. The van der Waals surface area contributed by atoms with Crippen molar-refractivity contribution in [2.45, 2.75) is 13.5 Å². The Balaban J connectivity index is 1.47. The quantitative estimate of drug-likeness (QED) is 0.429. The molecule has 2 aromatic carbocycles. The molecule has 0 saturated carbocycles. The van der Waals surface area contributed by atoms with Crippen LogP contribution in [-0.2, 0) is 6.54 Å². The Labute approximate surface area is 187 Å². The number of aromatic amines is 1. The number of imidazole rings is 1. The molecule has 9 nitrogen and oxygen atoms in total. The lowest BCUT2D eigenvalue weighted by molar-refractivity contribution is 0.251. The number of anilines is 5. The van der Waals surface area contributed by atoms with Gasteiger partial charge in [0.15, 0.2) is 11.6 Å². The average Bonchev–Trinajstić information content (AvgIpc) is 3.18. The molecule has 2 amide bonds. The number of nitrogens with zero attached hydrogens (tertiary/aromatic N) is 5. The van der Waals surface area contributed by atoms with Gasteiger partial charge in [0, 0.05) is 43.7 Å². The summed E-state index contributed by atoms with van der Waals surface area (Å²) in [6.07, 6.45) is 1.70. The van der Waals surface area contributed by atoms with Crippen LogP contribution in [0.3, 0.4) is 0 Å². The zero-order valence-corrected chi connectivity index (χ0v) is 18.1. The van der Waals surface area contributed by atoms with E-state index >= 15 is 0 Å². The van der Waals surface area contributed by atoms with Crippen LogP contribution >= 0.6 is 0 Å². The summed E-state index contributed by atoms with van der Waals surface area (Å²) in [4.78, 5) is 32.1. The molecule has 0 atom stereocenters. The van der Waals surface area contributed by atoms with Gasteiger partial charge in [-0.3, -0.25) is 9.80 Å². The van der Waals surface area contributed by atoms with Crippen molar-refractivity contribution in [2.24, 2.45) is 0 Å². The number of urea groups is 1. The summed E-state index contributed by atoms with van der Waals surface area (Å²) in [6, 6.07) is 7.41. The molecule has 0 fully saturated rings.